The van der Waals surface area contributed by atoms with E-state index < -0.39 is 35.9 Å². The van der Waals surface area contributed by atoms with E-state index >= 15 is 0 Å². The fourth-order valence-corrected chi connectivity index (χ4v) is 3.53. The lowest BCUT2D eigenvalue weighted by Crippen LogP contribution is -2.47. The molecule has 0 aliphatic carbocycles. The van der Waals surface area contributed by atoms with Crippen LogP contribution in [0.15, 0.2) is 18.5 Å². The quantitative estimate of drug-likeness (QED) is 0.222. The Hall–Kier alpha value is -2.82. The van der Waals surface area contributed by atoms with Crippen LogP contribution in [0.5, 0.6) is 0 Å². The first kappa shape index (κ1) is 25.8. The third kappa shape index (κ3) is 5.45. The highest BCUT2D eigenvalue weighted by atomic mass is 16.6. The number of fused-ring (bicyclic) bond motifs is 1. The van der Waals surface area contributed by atoms with E-state index in [0.29, 0.717) is 17.8 Å². The summed E-state index contributed by atoms with van der Waals surface area (Å²) in [4.78, 5) is 16.0. The average molecular weight is 477 g/mol. The highest BCUT2D eigenvalue weighted by molar-refractivity contribution is 5.75. The topological polar surface area (TPSA) is 177 Å². The Kier molecular flexibility index (Phi) is 7.74. The summed E-state index contributed by atoms with van der Waals surface area (Å²) in [6.07, 6.45) is -2.03. The Labute approximate surface area is 197 Å². The molecule has 0 amide bonds. The van der Waals surface area contributed by atoms with Gasteiger partial charge in [-0.05, 0) is 30.9 Å². The summed E-state index contributed by atoms with van der Waals surface area (Å²) in [5.41, 5.74) is 4.98. The Morgan fingerprint density at radius 2 is 2.18 bits per heavy atom. The number of rotatable bonds is 9. The molecule has 0 aromatic carbocycles. The summed E-state index contributed by atoms with van der Waals surface area (Å²) in [5, 5.41) is 38.0. The van der Waals surface area contributed by atoms with Crippen LogP contribution >= 0.6 is 0 Å². The van der Waals surface area contributed by atoms with Crippen molar-refractivity contribution < 1.29 is 29.2 Å². The van der Waals surface area contributed by atoms with E-state index in [1.165, 1.54) is 10.8 Å². The van der Waals surface area contributed by atoms with Gasteiger partial charge in [-0.15, -0.1) is 0 Å². The highest BCUT2D eigenvalue weighted by Gasteiger charge is 2.56. The fourth-order valence-electron chi connectivity index (χ4n) is 3.53. The van der Waals surface area contributed by atoms with Crippen molar-refractivity contribution in [2.75, 3.05) is 25.7 Å². The number of aromatic nitrogens is 3. The number of carbonyl (C=O) groups is 1. The van der Waals surface area contributed by atoms with Gasteiger partial charge in [0.25, 0.3) is 0 Å². The van der Waals surface area contributed by atoms with Gasteiger partial charge in [0.15, 0.2) is 5.82 Å². The van der Waals surface area contributed by atoms with Crippen LogP contribution in [0.25, 0.3) is 5.52 Å². The molecule has 0 spiro atoms. The molecule has 12 heteroatoms. The molecular formula is C22H32N6O6. The molecule has 0 radical (unpaired) electrons. The van der Waals surface area contributed by atoms with Crippen molar-refractivity contribution in [2.45, 2.75) is 64.1 Å². The van der Waals surface area contributed by atoms with Crippen LogP contribution in [-0.4, -0.2) is 74.6 Å². The zero-order valence-electron chi connectivity index (χ0n) is 19.8. The van der Waals surface area contributed by atoms with Gasteiger partial charge in [0.1, 0.15) is 42.3 Å². The van der Waals surface area contributed by atoms with Crippen molar-refractivity contribution in [3.05, 3.63) is 24.2 Å². The number of nitrogens with two attached hydrogens (primary N) is 1. The van der Waals surface area contributed by atoms with Gasteiger partial charge in [0.2, 0.25) is 5.60 Å². The maximum absolute atomic E-state index is 12.1. The van der Waals surface area contributed by atoms with Crippen molar-refractivity contribution in [2.24, 2.45) is 5.41 Å². The molecule has 0 bridgehead atoms. The Morgan fingerprint density at radius 3 is 2.85 bits per heavy atom. The summed E-state index contributed by atoms with van der Waals surface area (Å²) < 4.78 is 18.0. The molecule has 3 rings (SSSR count). The molecule has 2 aromatic rings. The number of aliphatic hydroxyl groups is 2. The maximum Gasteiger partial charge on any atom is 0.322 e. The highest BCUT2D eigenvalue weighted by Crippen LogP contribution is 2.40. The van der Waals surface area contributed by atoms with E-state index in [9.17, 15) is 20.3 Å². The number of anilines is 1. The van der Waals surface area contributed by atoms with Crippen molar-refractivity contribution >= 4 is 17.3 Å². The van der Waals surface area contributed by atoms with E-state index in [1.807, 2.05) is 6.07 Å². The first-order valence-corrected chi connectivity index (χ1v) is 11.0. The Balaban J connectivity index is 1.57. The molecule has 1 aliphatic heterocycles. The molecule has 186 valence electrons. The van der Waals surface area contributed by atoms with Crippen LogP contribution in [0.4, 0.5) is 5.82 Å². The summed E-state index contributed by atoms with van der Waals surface area (Å²) in [6.45, 7) is 7.68. The molecule has 5 N–H and O–H groups in total. The molecule has 1 fully saturated rings. The minimum Gasteiger partial charge on any atom is -0.465 e. The predicted octanol–water partition coefficient (Wildman–Crippen LogP) is 0.299. The second-order valence-electron chi connectivity index (χ2n) is 9.57. The number of nitrogen functional groups attached to an aromatic ring is 1. The average Bonchev–Trinajstić information content (AvgIpc) is 3.31. The second kappa shape index (κ2) is 10.2. The summed E-state index contributed by atoms with van der Waals surface area (Å²) in [5.74, 6) is -0.182. The van der Waals surface area contributed by atoms with Gasteiger partial charge >= 0.3 is 5.97 Å². The SMILES string of the molecule is C[C@H](NCOC[C@@]1(C#N)O[C@@H](c2ccc3c(N)ncnn23)[C@H](O)[C@@H]1O)C(=O)OCCC(C)(C)C. The van der Waals surface area contributed by atoms with E-state index in [-0.39, 0.29) is 24.6 Å². The number of esters is 1. The molecular weight excluding hydrogens is 444 g/mol. The summed E-state index contributed by atoms with van der Waals surface area (Å²) >= 11 is 0. The standard InChI is InChI=1S/C22H32N6O6/c1-13(20(31)33-8-7-21(2,3)4)26-12-32-10-22(9-23)18(30)16(29)17(34-22)14-5-6-15-19(24)25-11-27-28(14)15/h5-6,11,13,16-18,26,29-30H,7-8,10,12H2,1-4H3,(H2,24,25,27)/t13-,16-,17-,18-,22+/m0/s1. The van der Waals surface area contributed by atoms with Gasteiger partial charge in [0.05, 0.1) is 25.6 Å². The largest absolute Gasteiger partial charge is 0.465 e. The van der Waals surface area contributed by atoms with E-state index in [1.54, 1.807) is 19.1 Å². The fraction of sp³-hybridized carbons (Fsp3) is 0.636. The molecule has 12 nitrogen and oxygen atoms in total. The van der Waals surface area contributed by atoms with Gasteiger partial charge in [-0.25, -0.2) is 9.50 Å². The van der Waals surface area contributed by atoms with Gasteiger partial charge in [-0.3, -0.25) is 10.1 Å². The first-order valence-electron chi connectivity index (χ1n) is 11.0. The molecule has 0 saturated carbocycles. The molecule has 34 heavy (non-hydrogen) atoms. The van der Waals surface area contributed by atoms with Crippen LogP contribution in [0.3, 0.4) is 0 Å². The number of hydrogen-bond acceptors (Lipinski definition) is 11. The lowest BCUT2D eigenvalue weighted by molar-refractivity contribution is -0.147. The Bertz CT molecular complexity index is 1050. The van der Waals surface area contributed by atoms with Crippen LogP contribution in [-0.2, 0) is 19.0 Å². The number of nitrogens with one attached hydrogen (secondary N) is 1. The summed E-state index contributed by atoms with van der Waals surface area (Å²) in [7, 11) is 0. The second-order valence-corrected chi connectivity index (χ2v) is 9.57. The molecule has 1 aliphatic rings. The number of hydrogen-bond donors (Lipinski definition) is 4. The van der Waals surface area contributed by atoms with Gasteiger partial charge < -0.3 is 30.2 Å². The smallest absolute Gasteiger partial charge is 0.322 e. The minimum atomic E-state index is -1.83. The number of nitrogens with zero attached hydrogens (tertiary/aromatic N) is 4. The molecule has 1 saturated heterocycles. The zero-order valence-corrected chi connectivity index (χ0v) is 19.8. The van der Waals surface area contributed by atoms with Crippen LogP contribution in [0, 0.1) is 16.7 Å². The molecule has 0 unspecified atom stereocenters. The van der Waals surface area contributed by atoms with Crippen molar-refractivity contribution in [1.29, 1.82) is 5.26 Å². The number of aliphatic hydroxyl groups excluding tert-OH is 2. The summed E-state index contributed by atoms with van der Waals surface area (Å²) in [6, 6.07) is 4.57. The van der Waals surface area contributed by atoms with Crippen LogP contribution < -0.4 is 11.1 Å². The minimum absolute atomic E-state index is 0.0585. The molecule has 5 atom stereocenters. The third-order valence-corrected chi connectivity index (χ3v) is 5.70. The van der Waals surface area contributed by atoms with E-state index in [0.717, 1.165) is 6.42 Å². The van der Waals surface area contributed by atoms with Crippen molar-refractivity contribution in [3.63, 3.8) is 0 Å². The lowest BCUT2D eigenvalue weighted by Gasteiger charge is -2.24. The predicted molar refractivity (Wildman–Crippen MR) is 120 cm³/mol. The van der Waals surface area contributed by atoms with Crippen molar-refractivity contribution in [3.8, 4) is 6.07 Å². The van der Waals surface area contributed by atoms with E-state index in [4.69, 9.17) is 19.9 Å². The van der Waals surface area contributed by atoms with Gasteiger partial charge in [-0.2, -0.15) is 10.4 Å². The number of carbonyl (C=O) groups excluding carboxylic acids is 1. The maximum atomic E-state index is 12.1. The van der Waals surface area contributed by atoms with E-state index in [2.05, 4.69) is 36.2 Å². The zero-order chi connectivity index (χ0) is 25.1. The van der Waals surface area contributed by atoms with Gasteiger partial charge in [-0.1, -0.05) is 20.8 Å². The first-order chi connectivity index (χ1) is 16.0. The monoisotopic (exact) mass is 476 g/mol. The van der Waals surface area contributed by atoms with Crippen LogP contribution in [0.2, 0.25) is 0 Å². The normalized spacial score (nSPS) is 25.9. The Morgan fingerprint density at radius 1 is 1.44 bits per heavy atom. The number of nitriles is 1. The number of ether oxygens (including phenoxy) is 3. The van der Waals surface area contributed by atoms with Crippen molar-refractivity contribution in [1.82, 2.24) is 19.9 Å². The molecule has 2 aromatic heterocycles. The third-order valence-electron chi connectivity index (χ3n) is 5.70. The lowest BCUT2D eigenvalue weighted by atomic mass is 9.93. The van der Waals surface area contributed by atoms with Gasteiger partial charge in [0, 0.05) is 0 Å². The van der Waals surface area contributed by atoms with Crippen LogP contribution in [0.1, 0.15) is 45.9 Å². The molecule has 3 heterocycles.